The van der Waals surface area contributed by atoms with Crippen molar-refractivity contribution in [2.75, 3.05) is 38.8 Å². The van der Waals surface area contributed by atoms with Crippen LogP contribution in [0.15, 0.2) is 12.7 Å². The standard InChI is InChI=1S/C20H33N6O10P/c1-13(2)35-19(27)31-10-33-37(29,34-11-32-20(28)36-14(3)4)12-30-7-15(5-6-21)26-9-25-16-17(22)23-8-24-18(16)26/h8-9,13-15H,5-7,10-12,21H2,1-4H3,(H2,22,23,24). The van der Waals surface area contributed by atoms with Crippen molar-refractivity contribution >= 4 is 36.9 Å². The van der Waals surface area contributed by atoms with E-state index in [1.165, 1.54) is 12.7 Å². The Hall–Kier alpha value is -3.04. The van der Waals surface area contributed by atoms with Gasteiger partial charge in [0.05, 0.1) is 31.2 Å². The van der Waals surface area contributed by atoms with E-state index in [1.54, 1.807) is 32.3 Å². The van der Waals surface area contributed by atoms with Crippen molar-refractivity contribution < 1.29 is 46.9 Å². The summed E-state index contributed by atoms with van der Waals surface area (Å²) in [6, 6.07) is -0.368. The number of rotatable bonds is 15. The van der Waals surface area contributed by atoms with E-state index in [1.807, 2.05) is 0 Å². The second-order valence-corrected chi connectivity index (χ2v) is 10.0. The molecule has 2 aromatic heterocycles. The number of nitrogen functional groups attached to an aromatic ring is 1. The van der Waals surface area contributed by atoms with E-state index in [2.05, 4.69) is 15.0 Å². The van der Waals surface area contributed by atoms with Gasteiger partial charge in [-0.15, -0.1) is 0 Å². The highest BCUT2D eigenvalue weighted by Crippen LogP contribution is 2.48. The zero-order valence-corrected chi connectivity index (χ0v) is 22.0. The lowest BCUT2D eigenvalue weighted by atomic mass is 10.2. The van der Waals surface area contributed by atoms with Crippen molar-refractivity contribution in [2.24, 2.45) is 5.73 Å². The van der Waals surface area contributed by atoms with Crippen LogP contribution >= 0.6 is 7.60 Å². The van der Waals surface area contributed by atoms with Gasteiger partial charge < -0.3 is 39.7 Å². The Labute approximate surface area is 213 Å². The fraction of sp³-hybridized carbons (Fsp3) is 0.650. The molecule has 208 valence electrons. The van der Waals surface area contributed by atoms with Crippen LogP contribution in [0.3, 0.4) is 0 Å². The lowest BCUT2D eigenvalue weighted by molar-refractivity contribution is -0.0348. The Morgan fingerprint density at radius 3 is 2.14 bits per heavy atom. The monoisotopic (exact) mass is 548 g/mol. The number of anilines is 1. The highest BCUT2D eigenvalue weighted by Gasteiger charge is 2.28. The van der Waals surface area contributed by atoms with Gasteiger partial charge in [-0.2, -0.15) is 0 Å². The van der Waals surface area contributed by atoms with Crippen LogP contribution in [-0.4, -0.2) is 77.1 Å². The minimum absolute atomic E-state index is 0.00419. The molecule has 0 aromatic carbocycles. The average molecular weight is 548 g/mol. The molecule has 1 atom stereocenters. The number of carbonyl (C=O) groups is 2. The first-order chi connectivity index (χ1) is 17.5. The van der Waals surface area contributed by atoms with Gasteiger partial charge in [0.15, 0.2) is 11.5 Å². The molecule has 4 N–H and O–H groups in total. The topological polar surface area (TPSA) is 211 Å². The Morgan fingerprint density at radius 2 is 1.59 bits per heavy atom. The number of aromatic nitrogens is 4. The SMILES string of the molecule is CC(C)OC(=O)OCOP(=O)(COCC(CCN)n1cnc2c(N)ncnc21)OCOC(=O)OC(C)C. The second-order valence-electron chi connectivity index (χ2n) is 8.04. The summed E-state index contributed by atoms with van der Waals surface area (Å²) < 4.78 is 49.9. The Bertz CT molecular complexity index is 1030. The molecular formula is C20H33N6O10P. The van der Waals surface area contributed by atoms with Crippen molar-refractivity contribution in [1.29, 1.82) is 0 Å². The molecule has 2 rings (SSSR count). The van der Waals surface area contributed by atoms with Gasteiger partial charge in [-0.3, -0.25) is 13.6 Å². The smallest absolute Gasteiger partial charge is 0.432 e. The normalized spacial score (nSPS) is 12.6. The van der Waals surface area contributed by atoms with Crippen LogP contribution in [0.1, 0.15) is 40.2 Å². The van der Waals surface area contributed by atoms with Crippen LogP contribution in [-0.2, 0) is 37.3 Å². The molecule has 0 amide bonds. The molecule has 2 heterocycles. The number of ether oxygens (including phenoxy) is 5. The third kappa shape index (κ3) is 10.1. The molecule has 2 aromatic rings. The fourth-order valence-electron chi connectivity index (χ4n) is 2.81. The quantitative estimate of drug-likeness (QED) is 0.186. The Balaban J connectivity index is 2.03. The summed E-state index contributed by atoms with van der Waals surface area (Å²) in [4.78, 5) is 35.5. The van der Waals surface area contributed by atoms with Crippen LogP contribution in [0, 0.1) is 0 Å². The summed E-state index contributed by atoms with van der Waals surface area (Å²) in [5.74, 6) is 0.217. The van der Waals surface area contributed by atoms with Crippen LogP contribution in [0.2, 0.25) is 0 Å². The summed E-state index contributed by atoms with van der Waals surface area (Å²) in [7, 11) is -4.10. The lowest BCUT2D eigenvalue weighted by Gasteiger charge is -2.21. The molecule has 0 fully saturated rings. The number of hydrogen-bond acceptors (Lipinski definition) is 15. The van der Waals surface area contributed by atoms with Crippen molar-refractivity contribution in [3.05, 3.63) is 12.7 Å². The van der Waals surface area contributed by atoms with Crippen molar-refractivity contribution in [3.63, 3.8) is 0 Å². The van der Waals surface area contributed by atoms with Crippen LogP contribution in [0.25, 0.3) is 11.2 Å². The molecular weight excluding hydrogens is 515 g/mol. The maximum atomic E-state index is 13.2. The molecule has 16 nitrogen and oxygen atoms in total. The third-order valence-corrected chi connectivity index (χ3v) is 5.85. The highest BCUT2D eigenvalue weighted by atomic mass is 31.2. The van der Waals surface area contributed by atoms with Crippen LogP contribution in [0.5, 0.6) is 0 Å². The first-order valence-corrected chi connectivity index (χ1v) is 13.0. The summed E-state index contributed by atoms with van der Waals surface area (Å²) in [6.45, 7) is 5.26. The van der Waals surface area contributed by atoms with Gasteiger partial charge in [-0.05, 0) is 40.7 Å². The molecule has 0 aliphatic heterocycles. The molecule has 37 heavy (non-hydrogen) atoms. The first-order valence-electron chi connectivity index (χ1n) is 11.3. The van der Waals surface area contributed by atoms with E-state index in [4.69, 9.17) is 44.2 Å². The van der Waals surface area contributed by atoms with Gasteiger partial charge in [-0.1, -0.05) is 0 Å². The zero-order valence-electron chi connectivity index (χ0n) is 21.1. The minimum atomic E-state index is -4.10. The largest absolute Gasteiger partial charge is 0.510 e. The van der Waals surface area contributed by atoms with E-state index in [0.717, 1.165) is 0 Å². The van der Waals surface area contributed by atoms with Gasteiger partial charge in [-0.25, -0.2) is 24.5 Å². The predicted octanol–water partition coefficient (Wildman–Crippen LogP) is 2.54. The zero-order chi connectivity index (χ0) is 27.4. The molecule has 0 radical (unpaired) electrons. The van der Waals surface area contributed by atoms with Gasteiger partial charge in [0.2, 0.25) is 13.6 Å². The second kappa shape index (κ2) is 14.6. The molecule has 0 aliphatic carbocycles. The van der Waals surface area contributed by atoms with Crippen molar-refractivity contribution in [1.82, 2.24) is 19.5 Å². The Kier molecular flexibility index (Phi) is 11.9. The van der Waals surface area contributed by atoms with Crippen molar-refractivity contribution in [2.45, 2.75) is 52.4 Å². The van der Waals surface area contributed by atoms with E-state index < -0.39 is 52.0 Å². The first kappa shape index (κ1) is 30.2. The van der Waals surface area contributed by atoms with Crippen LogP contribution < -0.4 is 11.5 Å². The maximum absolute atomic E-state index is 13.2. The summed E-state index contributed by atoms with van der Waals surface area (Å²) in [6.07, 6.45) is -0.225. The molecule has 0 spiro atoms. The van der Waals surface area contributed by atoms with E-state index in [0.29, 0.717) is 24.1 Å². The maximum Gasteiger partial charge on any atom is 0.510 e. The highest BCUT2D eigenvalue weighted by molar-refractivity contribution is 7.53. The van der Waals surface area contributed by atoms with Gasteiger partial charge in [0, 0.05) is 0 Å². The number of carbonyl (C=O) groups excluding carboxylic acids is 2. The molecule has 0 saturated heterocycles. The average Bonchev–Trinajstić information content (AvgIpc) is 3.23. The van der Waals surface area contributed by atoms with E-state index >= 15 is 0 Å². The summed E-state index contributed by atoms with van der Waals surface area (Å²) in [5, 5.41) is 0. The number of hydrogen-bond donors (Lipinski definition) is 2. The molecule has 17 heteroatoms. The summed E-state index contributed by atoms with van der Waals surface area (Å²) in [5.41, 5.74) is 12.5. The number of imidazole rings is 1. The van der Waals surface area contributed by atoms with Gasteiger partial charge in [0.1, 0.15) is 18.2 Å². The van der Waals surface area contributed by atoms with Crippen molar-refractivity contribution in [3.8, 4) is 0 Å². The molecule has 1 unspecified atom stereocenters. The van der Waals surface area contributed by atoms with Gasteiger partial charge >= 0.3 is 19.9 Å². The number of fused-ring (bicyclic) bond motifs is 1. The van der Waals surface area contributed by atoms with Crippen LogP contribution in [0.4, 0.5) is 15.4 Å². The molecule has 0 bridgehead atoms. The van der Waals surface area contributed by atoms with E-state index in [9.17, 15) is 14.2 Å². The number of nitrogens with zero attached hydrogens (tertiary/aromatic N) is 4. The van der Waals surface area contributed by atoms with Gasteiger partial charge in [0.25, 0.3) is 0 Å². The lowest BCUT2D eigenvalue weighted by Crippen LogP contribution is -2.21. The molecule has 0 aliphatic rings. The predicted molar refractivity (Wildman–Crippen MR) is 128 cm³/mol. The van der Waals surface area contributed by atoms with E-state index in [-0.39, 0.29) is 18.5 Å². The molecule has 0 saturated carbocycles. The minimum Gasteiger partial charge on any atom is -0.432 e. The Morgan fingerprint density at radius 1 is 1.00 bits per heavy atom. The number of nitrogens with two attached hydrogens (primary N) is 2. The fourth-order valence-corrected chi connectivity index (χ4v) is 3.79. The summed E-state index contributed by atoms with van der Waals surface area (Å²) >= 11 is 0. The third-order valence-electron chi connectivity index (χ3n) is 4.36.